The summed E-state index contributed by atoms with van der Waals surface area (Å²) in [5, 5.41) is 3.07. The molecular weight excluding hydrogens is 340 g/mol. The maximum Gasteiger partial charge on any atom is 0.350 e. The van der Waals surface area contributed by atoms with Crippen LogP contribution in [0.3, 0.4) is 0 Å². The highest BCUT2D eigenvalue weighted by Gasteiger charge is 2.18. The first-order valence-corrected chi connectivity index (χ1v) is 8.91. The van der Waals surface area contributed by atoms with Gasteiger partial charge in [-0.15, -0.1) is 0 Å². The van der Waals surface area contributed by atoms with Gasteiger partial charge >= 0.3 is 5.97 Å². The molecule has 0 saturated carbocycles. The lowest BCUT2D eigenvalue weighted by Crippen LogP contribution is -2.11. The highest BCUT2D eigenvalue weighted by Crippen LogP contribution is 2.24. The van der Waals surface area contributed by atoms with Gasteiger partial charge in [0.25, 0.3) is 5.91 Å². The lowest BCUT2D eigenvalue weighted by molar-refractivity contribution is 0.0531. The molecular formula is C18H22N2O4S. The first-order valence-electron chi connectivity index (χ1n) is 8.09. The molecule has 0 aliphatic rings. The Morgan fingerprint density at radius 1 is 1.24 bits per heavy atom. The number of carbonyl (C=O) groups is 2. The molecule has 2 rings (SSSR count). The maximum absolute atomic E-state index is 12.3. The Morgan fingerprint density at radius 2 is 1.92 bits per heavy atom. The number of nitrogens with one attached hydrogen (secondary N) is 1. The highest BCUT2D eigenvalue weighted by molar-refractivity contribution is 7.17. The van der Waals surface area contributed by atoms with Crippen LogP contribution in [0.5, 0.6) is 5.75 Å². The number of benzene rings is 1. The minimum absolute atomic E-state index is 0.292. The number of rotatable bonds is 7. The van der Waals surface area contributed by atoms with Crippen molar-refractivity contribution >= 4 is 28.3 Å². The first kappa shape index (κ1) is 18.9. The van der Waals surface area contributed by atoms with E-state index in [1.165, 1.54) is 0 Å². The van der Waals surface area contributed by atoms with Crippen molar-refractivity contribution in [3.63, 3.8) is 0 Å². The quantitative estimate of drug-likeness (QED) is 0.756. The van der Waals surface area contributed by atoms with Gasteiger partial charge in [0, 0.05) is 5.56 Å². The second kappa shape index (κ2) is 8.62. The Bertz CT molecular complexity index is 738. The molecule has 6 nitrogen and oxygen atoms in total. The molecule has 0 spiro atoms. The first-order chi connectivity index (χ1) is 11.9. The minimum atomic E-state index is -0.426. The molecule has 0 aliphatic heterocycles. The highest BCUT2D eigenvalue weighted by atomic mass is 32.1. The van der Waals surface area contributed by atoms with Crippen LogP contribution < -0.4 is 10.1 Å². The van der Waals surface area contributed by atoms with Crippen LogP contribution >= 0.6 is 11.3 Å². The van der Waals surface area contributed by atoms with Gasteiger partial charge in [-0.05, 0) is 44.0 Å². The predicted octanol–water partition coefficient (Wildman–Crippen LogP) is 3.92. The SMILES string of the molecule is CCOC(=O)c1sc(NC(=O)c2ccc(OCC(C)C)cc2)nc1C. The Balaban J connectivity index is 2.02. The van der Waals surface area contributed by atoms with Crippen molar-refractivity contribution in [1.82, 2.24) is 4.98 Å². The molecule has 0 fully saturated rings. The summed E-state index contributed by atoms with van der Waals surface area (Å²) >= 11 is 1.10. The van der Waals surface area contributed by atoms with E-state index < -0.39 is 5.97 Å². The number of esters is 1. The Morgan fingerprint density at radius 3 is 2.52 bits per heavy atom. The Labute approximate surface area is 151 Å². The molecule has 0 saturated heterocycles. The zero-order valence-corrected chi connectivity index (χ0v) is 15.6. The number of hydrogen-bond acceptors (Lipinski definition) is 6. The molecule has 1 amide bonds. The van der Waals surface area contributed by atoms with Crippen molar-refractivity contribution < 1.29 is 19.1 Å². The number of hydrogen-bond donors (Lipinski definition) is 1. The van der Waals surface area contributed by atoms with Crippen molar-refractivity contribution in [2.45, 2.75) is 27.7 Å². The van der Waals surface area contributed by atoms with Crippen molar-refractivity contribution in [2.24, 2.45) is 5.92 Å². The number of anilines is 1. The zero-order valence-electron chi connectivity index (χ0n) is 14.8. The van der Waals surface area contributed by atoms with Crippen LogP contribution in [0.25, 0.3) is 0 Å². The van der Waals surface area contributed by atoms with Crippen LogP contribution in [0.1, 0.15) is 46.5 Å². The number of aryl methyl sites for hydroxylation is 1. The summed E-state index contributed by atoms with van der Waals surface area (Å²) in [5.74, 6) is 0.439. The number of aromatic nitrogens is 1. The Kier molecular flexibility index (Phi) is 6.52. The fourth-order valence-corrected chi connectivity index (χ4v) is 2.83. The van der Waals surface area contributed by atoms with E-state index >= 15 is 0 Å². The zero-order chi connectivity index (χ0) is 18.4. The normalized spacial score (nSPS) is 10.6. The molecule has 0 radical (unpaired) electrons. The number of carbonyl (C=O) groups excluding carboxylic acids is 2. The van der Waals surface area contributed by atoms with Crippen molar-refractivity contribution in [1.29, 1.82) is 0 Å². The molecule has 7 heteroatoms. The van der Waals surface area contributed by atoms with Gasteiger partial charge in [-0.25, -0.2) is 9.78 Å². The van der Waals surface area contributed by atoms with Gasteiger partial charge in [0.05, 0.1) is 18.9 Å². The summed E-state index contributed by atoms with van der Waals surface area (Å²) in [6, 6.07) is 6.90. The van der Waals surface area contributed by atoms with E-state index in [0.717, 1.165) is 17.1 Å². The molecule has 1 aromatic heterocycles. The average Bonchev–Trinajstić information content (AvgIpc) is 2.94. The second-order valence-electron chi connectivity index (χ2n) is 5.84. The number of nitrogens with zero attached hydrogens (tertiary/aromatic N) is 1. The molecule has 0 unspecified atom stereocenters. The molecule has 134 valence electrons. The van der Waals surface area contributed by atoms with Crippen LogP contribution in [-0.2, 0) is 4.74 Å². The lowest BCUT2D eigenvalue weighted by Gasteiger charge is -2.09. The topological polar surface area (TPSA) is 77.5 Å². The summed E-state index contributed by atoms with van der Waals surface area (Å²) in [4.78, 5) is 28.7. The van der Waals surface area contributed by atoms with Gasteiger partial charge in [0.2, 0.25) is 0 Å². The third kappa shape index (κ3) is 5.29. The van der Waals surface area contributed by atoms with Crippen molar-refractivity contribution in [3.05, 3.63) is 40.4 Å². The van der Waals surface area contributed by atoms with Crippen molar-refractivity contribution in [3.8, 4) is 5.75 Å². The molecule has 25 heavy (non-hydrogen) atoms. The lowest BCUT2D eigenvalue weighted by atomic mass is 10.2. The molecule has 0 bridgehead atoms. The van der Waals surface area contributed by atoms with E-state index in [2.05, 4.69) is 24.1 Å². The maximum atomic E-state index is 12.3. The number of amides is 1. The summed E-state index contributed by atoms with van der Waals surface area (Å²) in [5.41, 5.74) is 1.03. The molecule has 1 heterocycles. The summed E-state index contributed by atoms with van der Waals surface area (Å²) in [6.07, 6.45) is 0. The molecule has 1 aromatic carbocycles. The fourth-order valence-electron chi connectivity index (χ4n) is 1.97. The van der Waals surface area contributed by atoms with Gasteiger partial charge in [-0.3, -0.25) is 10.1 Å². The summed E-state index contributed by atoms with van der Waals surface area (Å²) in [6.45, 7) is 8.51. The third-order valence-electron chi connectivity index (χ3n) is 3.18. The Hall–Kier alpha value is -2.41. The van der Waals surface area contributed by atoms with E-state index in [1.54, 1.807) is 38.1 Å². The van der Waals surface area contributed by atoms with Crippen LogP contribution in [0.4, 0.5) is 5.13 Å². The van der Waals surface area contributed by atoms with Crippen LogP contribution in [-0.4, -0.2) is 30.1 Å². The smallest absolute Gasteiger partial charge is 0.350 e. The third-order valence-corrected chi connectivity index (χ3v) is 4.23. The molecule has 0 atom stereocenters. The largest absolute Gasteiger partial charge is 0.493 e. The summed E-state index contributed by atoms with van der Waals surface area (Å²) < 4.78 is 10.6. The van der Waals surface area contributed by atoms with Crippen LogP contribution in [0, 0.1) is 12.8 Å². The van der Waals surface area contributed by atoms with Crippen LogP contribution in [0.2, 0.25) is 0 Å². The second-order valence-corrected chi connectivity index (χ2v) is 6.84. The van der Waals surface area contributed by atoms with Crippen LogP contribution in [0.15, 0.2) is 24.3 Å². The van der Waals surface area contributed by atoms with Gasteiger partial charge in [0.1, 0.15) is 10.6 Å². The fraction of sp³-hybridized carbons (Fsp3) is 0.389. The number of thiazole rings is 1. The monoisotopic (exact) mass is 362 g/mol. The van der Waals surface area contributed by atoms with Gasteiger partial charge in [-0.1, -0.05) is 25.2 Å². The number of ether oxygens (including phenoxy) is 2. The van der Waals surface area contributed by atoms with Crippen molar-refractivity contribution in [2.75, 3.05) is 18.5 Å². The van der Waals surface area contributed by atoms with Gasteiger partial charge in [0.15, 0.2) is 5.13 Å². The molecule has 2 aromatic rings. The predicted molar refractivity (Wildman–Crippen MR) is 97.5 cm³/mol. The van der Waals surface area contributed by atoms with E-state index in [1.807, 2.05) is 0 Å². The van der Waals surface area contributed by atoms with Gasteiger partial charge < -0.3 is 9.47 Å². The average molecular weight is 362 g/mol. The molecule has 1 N–H and O–H groups in total. The van der Waals surface area contributed by atoms with Gasteiger partial charge in [-0.2, -0.15) is 0 Å². The standard InChI is InChI=1S/C18H22N2O4S/c1-5-23-17(22)15-12(4)19-18(25-15)20-16(21)13-6-8-14(9-7-13)24-10-11(2)3/h6-9,11H,5,10H2,1-4H3,(H,19,20,21). The van der Waals surface area contributed by atoms with E-state index in [9.17, 15) is 9.59 Å². The van der Waals surface area contributed by atoms with E-state index in [4.69, 9.17) is 9.47 Å². The summed E-state index contributed by atoms with van der Waals surface area (Å²) in [7, 11) is 0. The van der Waals surface area contributed by atoms with E-state index in [0.29, 0.717) is 40.4 Å². The minimum Gasteiger partial charge on any atom is -0.493 e. The molecule has 0 aliphatic carbocycles. The van der Waals surface area contributed by atoms with E-state index in [-0.39, 0.29) is 5.91 Å².